The van der Waals surface area contributed by atoms with Crippen LogP contribution in [0.15, 0.2) is 12.3 Å². The van der Waals surface area contributed by atoms with Gasteiger partial charge in [0.2, 0.25) is 0 Å². The van der Waals surface area contributed by atoms with E-state index in [4.69, 9.17) is 0 Å². The summed E-state index contributed by atoms with van der Waals surface area (Å²) in [7, 11) is 1.57. The van der Waals surface area contributed by atoms with Gasteiger partial charge < -0.3 is 11.1 Å². The average molecular weight is 222 g/mol. The Morgan fingerprint density at radius 2 is 2.27 bits per heavy atom. The Balaban J connectivity index is 2.64. The summed E-state index contributed by atoms with van der Waals surface area (Å²) in [5.41, 5.74) is 4.68. The van der Waals surface area contributed by atoms with E-state index in [9.17, 15) is 18.0 Å². The van der Waals surface area contributed by atoms with Crippen molar-refractivity contribution in [1.29, 1.82) is 0 Å². The fourth-order valence-electron chi connectivity index (χ4n) is 0.834. The third-order valence-corrected chi connectivity index (χ3v) is 1.60. The van der Waals surface area contributed by atoms with Crippen LogP contribution in [0.4, 0.5) is 19.0 Å². The van der Waals surface area contributed by atoms with Gasteiger partial charge >= 0.3 is 6.18 Å². The number of halogens is 3. The fraction of sp³-hybridized carbons (Fsp3) is 0.429. The lowest BCUT2D eigenvalue weighted by Gasteiger charge is -2.13. The van der Waals surface area contributed by atoms with Crippen LogP contribution in [-0.4, -0.2) is 27.9 Å². The number of carbonyl (C=O) groups is 1. The van der Waals surface area contributed by atoms with Crippen LogP contribution in [0, 0.1) is 0 Å². The van der Waals surface area contributed by atoms with E-state index in [1.54, 1.807) is 7.05 Å². The highest BCUT2D eigenvalue weighted by Crippen LogP contribution is 2.19. The highest BCUT2D eigenvalue weighted by molar-refractivity contribution is 5.94. The van der Waals surface area contributed by atoms with E-state index in [0.717, 1.165) is 0 Å². The molecule has 0 aliphatic rings. The van der Waals surface area contributed by atoms with E-state index in [1.165, 1.54) is 16.9 Å². The molecule has 0 bridgehead atoms. The van der Waals surface area contributed by atoms with Gasteiger partial charge in [-0.3, -0.25) is 9.48 Å². The summed E-state index contributed by atoms with van der Waals surface area (Å²) < 4.78 is 37.3. The summed E-state index contributed by atoms with van der Waals surface area (Å²) in [6, 6.07) is -1.18. The summed E-state index contributed by atoms with van der Waals surface area (Å²) in [6.07, 6.45) is -3.27. The first-order valence-electron chi connectivity index (χ1n) is 3.93. The molecule has 1 heterocycles. The normalized spacial score (nSPS) is 13.7. The van der Waals surface area contributed by atoms with Crippen molar-refractivity contribution in [3.05, 3.63) is 12.3 Å². The maximum Gasteiger partial charge on any atom is 0.412 e. The number of nitrogens with zero attached hydrogens (tertiary/aromatic N) is 2. The van der Waals surface area contributed by atoms with Crippen molar-refractivity contribution in [2.45, 2.75) is 12.2 Å². The Kier molecular flexibility index (Phi) is 2.98. The van der Waals surface area contributed by atoms with Gasteiger partial charge in [0.15, 0.2) is 11.9 Å². The van der Waals surface area contributed by atoms with E-state index < -0.39 is 18.1 Å². The molecule has 0 radical (unpaired) electrons. The minimum absolute atomic E-state index is 0.0298. The Hall–Kier alpha value is -1.57. The Morgan fingerprint density at radius 3 is 2.67 bits per heavy atom. The van der Waals surface area contributed by atoms with Gasteiger partial charge in [-0.1, -0.05) is 0 Å². The molecule has 84 valence electrons. The molecule has 0 fully saturated rings. The molecule has 3 N–H and O–H groups in total. The van der Waals surface area contributed by atoms with Crippen LogP contribution in [0.2, 0.25) is 0 Å². The molecular weight excluding hydrogens is 213 g/mol. The van der Waals surface area contributed by atoms with Crippen molar-refractivity contribution in [2.75, 3.05) is 5.32 Å². The molecule has 0 spiro atoms. The van der Waals surface area contributed by atoms with Crippen LogP contribution in [0.1, 0.15) is 0 Å². The Bertz CT molecular complexity index is 359. The predicted octanol–water partition coefficient (Wildman–Crippen LogP) is 0.248. The Morgan fingerprint density at radius 1 is 1.67 bits per heavy atom. The predicted molar refractivity (Wildman–Crippen MR) is 45.9 cm³/mol. The maximum absolute atomic E-state index is 12.0. The highest BCUT2D eigenvalue weighted by Gasteiger charge is 2.42. The van der Waals surface area contributed by atoms with Crippen LogP contribution in [0.25, 0.3) is 0 Å². The number of anilines is 1. The second-order valence-corrected chi connectivity index (χ2v) is 2.88. The molecule has 0 saturated carbocycles. The van der Waals surface area contributed by atoms with Gasteiger partial charge in [0.05, 0.1) is 0 Å². The Labute approximate surface area is 83.0 Å². The zero-order valence-corrected chi connectivity index (χ0v) is 7.75. The molecule has 1 atom stereocenters. The van der Waals surface area contributed by atoms with Crippen molar-refractivity contribution in [2.24, 2.45) is 12.8 Å². The molecule has 15 heavy (non-hydrogen) atoms. The minimum atomic E-state index is -4.75. The second kappa shape index (κ2) is 3.89. The maximum atomic E-state index is 12.0. The van der Waals surface area contributed by atoms with E-state index in [-0.39, 0.29) is 5.82 Å². The van der Waals surface area contributed by atoms with Gasteiger partial charge in [-0.05, 0) is 0 Å². The van der Waals surface area contributed by atoms with Gasteiger partial charge in [0, 0.05) is 19.3 Å². The summed E-state index contributed by atoms with van der Waals surface area (Å²) in [6.45, 7) is 0. The van der Waals surface area contributed by atoms with Crippen molar-refractivity contribution in [3.63, 3.8) is 0 Å². The number of carbonyl (C=O) groups excluding carboxylic acids is 1. The third-order valence-electron chi connectivity index (χ3n) is 1.60. The second-order valence-electron chi connectivity index (χ2n) is 2.88. The largest absolute Gasteiger partial charge is 0.412 e. The van der Waals surface area contributed by atoms with Gasteiger partial charge in [-0.15, -0.1) is 0 Å². The number of hydrogen-bond donors (Lipinski definition) is 2. The molecule has 1 amide bonds. The fourth-order valence-corrected chi connectivity index (χ4v) is 0.834. The van der Waals surface area contributed by atoms with Crippen molar-refractivity contribution < 1.29 is 18.0 Å². The van der Waals surface area contributed by atoms with E-state index in [0.29, 0.717) is 0 Å². The molecule has 1 aromatic heterocycles. The van der Waals surface area contributed by atoms with Crippen LogP contribution in [0.3, 0.4) is 0 Å². The topological polar surface area (TPSA) is 72.9 Å². The van der Waals surface area contributed by atoms with Crippen molar-refractivity contribution >= 4 is 11.7 Å². The van der Waals surface area contributed by atoms with Crippen LogP contribution in [-0.2, 0) is 11.8 Å². The lowest BCUT2D eigenvalue weighted by atomic mass is 10.3. The summed E-state index contributed by atoms with van der Waals surface area (Å²) in [4.78, 5) is 11.0. The van der Waals surface area contributed by atoms with Gasteiger partial charge in [-0.2, -0.15) is 18.3 Å². The standard InChI is InChI=1S/C7H9F3N4O/c1-14-3-2-4(13-14)12-6(15)5(11)7(8,9)10/h2-3,5H,11H2,1H3,(H,12,13,15). The average Bonchev–Trinajstić information content (AvgIpc) is 2.48. The van der Waals surface area contributed by atoms with Gasteiger partial charge in [-0.25, -0.2) is 0 Å². The molecule has 0 aliphatic carbocycles. The summed E-state index contributed by atoms with van der Waals surface area (Å²) >= 11 is 0. The molecule has 0 aliphatic heterocycles. The first-order valence-corrected chi connectivity index (χ1v) is 3.93. The van der Waals surface area contributed by atoms with E-state index in [1.807, 2.05) is 5.32 Å². The highest BCUT2D eigenvalue weighted by atomic mass is 19.4. The van der Waals surface area contributed by atoms with Crippen LogP contribution >= 0.6 is 0 Å². The molecule has 5 nitrogen and oxygen atoms in total. The number of hydrogen-bond acceptors (Lipinski definition) is 3. The molecule has 1 aromatic rings. The van der Waals surface area contributed by atoms with Crippen LogP contribution < -0.4 is 11.1 Å². The number of alkyl halides is 3. The van der Waals surface area contributed by atoms with Crippen LogP contribution in [0.5, 0.6) is 0 Å². The summed E-state index contributed by atoms with van der Waals surface area (Å²) in [5, 5.41) is 5.63. The van der Waals surface area contributed by atoms with Gasteiger partial charge in [0.25, 0.3) is 5.91 Å². The zero-order chi connectivity index (χ0) is 11.6. The summed E-state index contributed by atoms with van der Waals surface area (Å²) in [5.74, 6) is -1.30. The van der Waals surface area contributed by atoms with Crippen molar-refractivity contribution in [1.82, 2.24) is 9.78 Å². The minimum Gasteiger partial charge on any atom is -0.312 e. The molecule has 8 heteroatoms. The smallest absolute Gasteiger partial charge is 0.312 e. The molecule has 1 unspecified atom stereocenters. The van der Waals surface area contributed by atoms with Crippen molar-refractivity contribution in [3.8, 4) is 0 Å². The lowest BCUT2D eigenvalue weighted by Crippen LogP contribution is -2.47. The number of aromatic nitrogens is 2. The van der Waals surface area contributed by atoms with Gasteiger partial charge in [0.1, 0.15) is 0 Å². The third kappa shape index (κ3) is 2.94. The lowest BCUT2D eigenvalue weighted by molar-refractivity contribution is -0.159. The monoisotopic (exact) mass is 222 g/mol. The number of nitrogens with one attached hydrogen (secondary N) is 1. The van der Waals surface area contributed by atoms with E-state index >= 15 is 0 Å². The number of amides is 1. The number of rotatable bonds is 2. The quantitative estimate of drug-likeness (QED) is 0.753. The first-order chi connectivity index (χ1) is 6.80. The molecule has 1 rings (SSSR count). The number of nitrogens with two attached hydrogens (primary N) is 1. The first kappa shape index (κ1) is 11.5. The zero-order valence-electron chi connectivity index (χ0n) is 7.75. The molecule has 0 aromatic carbocycles. The van der Waals surface area contributed by atoms with E-state index in [2.05, 4.69) is 10.8 Å². The number of aryl methyl sites for hydroxylation is 1. The SMILES string of the molecule is Cn1ccc(NC(=O)C(N)C(F)(F)F)n1. The molecule has 0 saturated heterocycles. The molecular formula is C7H9F3N4O.